The lowest BCUT2D eigenvalue weighted by molar-refractivity contribution is -0.125. The van der Waals surface area contributed by atoms with Crippen LogP contribution in [-0.2, 0) is 4.79 Å². The molecule has 5 heteroatoms. The fourth-order valence-electron chi connectivity index (χ4n) is 1.88. The van der Waals surface area contributed by atoms with E-state index in [1.807, 2.05) is 12.1 Å². The van der Waals surface area contributed by atoms with Crippen LogP contribution in [0.4, 0.5) is 0 Å². The Hall–Kier alpha value is -3.00. The number of hydrogen-bond acceptors (Lipinski definition) is 4. The molecule has 0 aromatic heterocycles. The van der Waals surface area contributed by atoms with E-state index in [0.717, 1.165) is 0 Å². The molecule has 0 aliphatic rings. The predicted octanol–water partition coefficient (Wildman–Crippen LogP) is 2.17. The van der Waals surface area contributed by atoms with E-state index in [-0.39, 0.29) is 0 Å². The first kappa shape index (κ1) is 14.4. The van der Waals surface area contributed by atoms with Gasteiger partial charge in [-0.1, -0.05) is 30.3 Å². The highest BCUT2D eigenvalue weighted by atomic mass is 16.5. The molecule has 0 radical (unpaired) electrons. The molecule has 1 atom stereocenters. The number of nitriles is 1. The largest absolute Gasteiger partial charge is 0.493 e. The second-order valence-electron chi connectivity index (χ2n) is 4.29. The fraction of sp³-hybridized carbons (Fsp3) is 0.125. The van der Waals surface area contributed by atoms with Gasteiger partial charge in [-0.3, -0.25) is 4.79 Å². The summed E-state index contributed by atoms with van der Waals surface area (Å²) in [5.74, 6) is 0.119. The zero-order valence-electron chi connectivity index (χ0n) is 11.4. The van der Waals surface area contributed by atoms with Crippen molar-refractivity contribution in [2.45, 2.75) is 6.10 Å². The molecule has 0 fully saturated rings. The molecule has 1 amide bonds. The molecule has 2 N–H and O–H groups in total. The van der Waals surface area contributed by atoms with Crippen molar-refractivity contribution in [3.63, 3.8) is 0 Å². The van der Waals surface area contributed by atoms with Crippen molar-refractivity contribution in [3.05, 3.63) is 59.7 Å². The minimum atomic E-state index is -0.923. The molecular formula is C16H14N2O3. The monoisotopic (exact) mass is 282 g/mol. The van der Waals surface area contributed by atoms with Gasteiger partial charge in [-0.15, -0.1) is 0 Å². The average Bonchev–Trinajstić information content (AvgIpc) is 2.53. The van der Waals surface area contributed by atoms with Gasteiger partial charge in [0.15, 0.2) is 11.5 Å². The Morgan fingerprint density at radius 3 is 2.48 bits per heavy atom. The van der Waals surface area contributed by atoms with Crippen LogP contribution in [-0.4, -0.2) is 13.0 Å². The smallest absolute Gasteiger partial charge is 0.263 e. The Kier molecular flexibility index (Phi) is 4.42. The second kappa shape index (κ2) is 6.44. The summed E-state index contributed by atoms with van der Waals surface area (Å²) < 4.78 is 10.9. The quantitative estimate of drug-likeness (QED) is 0.910. The van der Waals surface area contributed by atoms with Gasteiger partial charge in [-0.25, -0.2) is 0 Å². The number of ether oxygens (including phenoxy) is 2. The third-order valence-electron chi connectivity index (χ3n) is 2.90. The zero-order chi connectivity index (χ0) is 15.2. The molecule has 106 valence electrons. The zero-order valence-corrected chi connectivity index (χ0v) is 11.4. The van der Waals surface area contributed by atoms with Crippen LogP contribution in [0.2, 0.25) is 0 Å². The number of methoxy groups -OCH3 is 1. The number of benzene rings is 2. The molecular weight excluding hydrogens is 268 g/mol. The van der Waals surface area contributed by atoms with Crippen LogP contribution in [0.5, 0.6) is 11.5 Å². The van der Waals surface area contributed by atoms with Crippen molar-refractivity contribution in [1.29, 1.82) is 5.26 Å². The van der Waals surface area contributed by atoms with Crippen molar-refractivity contribution < 1.29 is 14.3 Å². The van der Waals surface area contributed by atoms with Crippen molar-refractivity contribution in [1.82, 2.24) is 0 Å². The number of primary amides is 1. The van der Waals surface area contributed by atoms with E-state index in [4.69, 9.17) is 20.5 Å². The van der Waals surface area contributed by atoms with Crippen LogP contribution in [0.15, 0.2) is 48.5 Å². The average molecular weight is 282 g/mol. The fourth-order valence-corrected chi connectivity index (χ4v) is 1.88. The Labute approximate surface area is 122 Å². The van der Waals surface area contributed by atoms with E-state index in [1.165, 1.54) is 7.11 Å². The predicted molar refractivity (Wildman–Crippen MR) is 76.7 cm³/mol. The Morgan fingerprint density at radius 2 is 1.90 bits per heavy atom. The summed E-state index contributed by atoms with van der Waals surface area (Å²) >= 11 is 0. The number of nitrogens with zero attached hydrogens (tertiary/aromatic N) is 1. The van der Waals surface area contributed by atoms with Gasteiger partial charge < -0.3 is 15.2 Å². The number of rotatable bonds is 5. The van der Waals surface area contributed by atoms with E-state index in [2.05, 4.69) is 0 Å². The normalized spacial score (nSPS) is 11.2. The van der Waals surface area contributed by atoms with Crippen LogP contribution in [0, 0.1) is 11.3 Å². The molecule has 2 rings (SSSR count). The van der Waals surface area contributed by atoms with Crippen molar-refractivity contribution >= 4 is 5.91 Å². The van der Waals surface area contributed by atoms with Gasteiger partial charge in [0.05, 0.1) is 18.7 Å². The number of amides is 1. The van der Waals surface area contributed by atoms with Gasteiger partial charge in [0, 0.05) is 11.6 Å². The van der Waals surface area contributed by atoms with Crippen LogP contribution < -0.4 is 15.2 Å². The van der Waals surface area contributed by atoms with Gasteiger partial charge >= 0.3 is 0 Å². The summed E-state index contributed by atoms with van der Waals surface area (Å²) in [6.07, 6.45) is -0.923. The van der Waals surface area contributed by atoms with Crippen LogP contribution in [0.3, 0.4) is 0 Å². The van der Waals surface area contributed by atoms with E-state index >= 15 is 0 Å². The third-order valence-corrected chi connectivity index (χ3v) is 2.90. The first-order valence-corrected chi connectivity index (χ1v) is 6.24. The highest BCUT2D eigenvalue weighted by Crippen LogP contribution is 2.31. The lowest BCUT2D eigenvalue weighted by Gasteiger charge is -2.18. The maximum absolute atomic E-state index is 11.6. The lowest BCUT2D eigenvalue weighted by Crippen LogP contribution is -2.26. The molecule has 0 aliphatic heterocycles. The van der Waals surface area contributed by atoms with Gasteiger partial charge in [0.25, 0.3) is 5.91 Å². The molecule has 5 nitrogen and oxygen atoms in total. The van der Waals surface area contributed by atoms with Gasteiger partial charge in [-0.05, 0) is 12.1 Å². The SMILES string of the molecule is COc1cc(C#N)ccc1OC(C(N)=O)c1ccccc1. The topological polar surface area (TPSA) is 85.3 Å². The van der Waals surface area contributed by atoms with Crippen molar-refractivity contribution in [3.8, 4) is 17.6 Å². The molecule has 0 spiro atoms. The summed E-state index contributed by atoms with van der Waals surface area (Å²) in [7, 11) is 1.46. The molecule has 0 aliphatic carbocycles. The van der Waals surface area contributed by atoms with Gasteiger partial charge in [-0.2, -0.15) is 5.26 Å². The van der Waals surface area contributed by atoms with Gasteiger partial charge in [0.1, 0.15) is 0 Å². The molecule has 1 unspecified atom stereocenters. The molecule has 0 bridgehead atoms. The lowest BCUT2D eigenvalue weighted by atomic mass is 10.1. The minimum Gasteiger partial charge on any atom is -0.493 e. The molecule has 0 saturated heterocycles. The summed E-state index contributed by atoms with van der Waals surface area (Å²) in [6, 6.07) is 15.7. The first-order chi connectivity index (χ1) is 10.2. The Balaban J connectivity index is 2.34. The van der Waals surface area contributed by atoms with Crippen molar-refractivity contribution in [2.24, 2.45) is 5.73 Å². The van der Waals surface area contributed by atoms with Crippen LogP contribution in [0.1, 0.15) is 17.2 Å². The van der Waals surface area contributed by atoms with E-state index in [1.54, 1.807) is 42.5 Å². The molecule has 2 aromatic rings. The summed E-state index contributed by atoms with van der Waals surface area (Å²) in [5.41, 5.74) is 6.50. The first-order valence-electron chi connectivity index (χ1n) is 6.24. The van der Waals surface area contributed by atoms with Crippen molar-refractivity contribution in [2.75, 3.05) is 7.11 Å². The van der Waals surface area contributed by atoms with Crippen LogP contribution >= 0.6 is 0 Å². The van der Waals surface area contributed by atoms with Crippen LogP contribution in [0.25, 0.3) is 0 Å². The molecule has 0 heterocycles. The number of nitrogens with two attached hydrogens (primary N) is 1. The standard InChI is InChI=1S/C16H14N2O3/c1-20-14-9-11(10-17)7-8-13(14)21-15(16(18)19)12-5-3-2-4-6-12/h2-9,15H,1H3,(H2,18,19). The number of carbonyl (C=O) groups is 1. The third kappa shape index (κ3) is 3.31. The highest BCUT2D eigenvalue weighted by molar-refractivity contribution is 5.80. The maximum atomic E-state index is 11.6. The summed E-state index contributed by atoms with van der Waals surface area (Å²) in [4.78, 5) is 11.6. The molecule has 0 saturated carbocycles. The Bertz CT molecular complexity index is 678. The van der Waals surface area contributed by atoms with Gasteiger partial charge in [0.2, 0.25) is 6.10 Å². The number of carbonyl (C=O) groups excluding carboxylic acids is 1. The van der Waals surface area contributed by atoms with E-state index in [0.29, 0.717) is 22.6 Å². The summed E-state index contributed by atoms with van der Waals surface area (Å²) in [5, 5.41) is 8.88. The molecule has 2 aromatic carbocycles. The Morgan fingerprint density at radius 1 is 1.19 bits per heavy atom. The second-order valence-corrected chi connectivity index (χ2v) is 4.29. The maximum Gasteiger partial charge on any atom is 0.263 e. The highest BCUT2D eigenvalue weighted by Gasteiger charge is 2.21. The molecule has 21 heavy (non-hydrogen) atoms. The summed E-state index contributed by atoms with van der Waals surface area (Å²) in [6.45, 7) is 0. The van der Waals surface area contributed by atoms with E-state index in [9.17, 15) is 4.79 Å². The van der Waals surface area contributed by atoms with E-state index < -0.39 is 12.0 Å². The minimum absolute atomic E-state index is 0.351. The number of hydrogen-bond donors (Lipinski definition) is 1.